The van der Waals surface area contributed by atoms with Crippen molar-refractivity contribution in [2.24, 2.45) is 11.3 Å². The van der Waals surface area contributed by atoms with Crippen LogP contribution in [0.15, 0.2) is 0 Å². The van der Waals surface area contributed by atoms with E-state index >= 15 is 0 Å². The fraction of sp³-hybridized carbons (Fsp3) is 0.938. The first-order valence-electron chi connectivity index (χ1n) is 7.83. The minimum Gasteiger partial charge on any atom is -0.480 e. The molecule has 2 N–H and O–H groups in total. The summed E-state index contributed by atoms with van der Waals surface area (Å²) in [6.45, 7) is 12.2. The highest BCUT2D eigenvalue weighted by Crippen LogP contribution is 2.41. The van der Waals surface area contributed by atoms with E-state index in [2.05, 4.69) is 44.8 Å². The number of carboxylic acid groups (broad SMARTS) is 1. The number of hydrogen-bond donors (Lipinski definition) is 2. The van der Waals surface area contributed by atoms with Crippen molar-refractivity contribution in [1.29, 1.82) is 0 Å². The lowest BCUT2D eigenvalue weighted by molar-refractivity contribution is -0.147. The van der Waals surface area contributed by atoms with Crippen molar-refractivity contribution < 1.29 is 9.90 Å². The molecule has 2 unspecified atom stereocenters. The molecule has 1 rings (SSSR count). The number of likely N-dealkylation sites (N-methyl/N-ethyl adjacent to an activating group) is 1. The third kappa shape index (κ3) is 3.95. The van der Waals surface area contributed by atoms with E-state index in [-0.39, 0.29) is 11.3 Å². The van der Waals surface area contributed by atoms with E-state index in [0.29, 0.717) is 12.6 Å². The molecule has 0 spiro atoms. The van der Waals surface area contributed by atoms with E-state index in [1.54, 1.807) is 0 Å². The molecule has 4 heteroatoms. The first kappa shape index (κ1) is 17.4. The molecular formula is C16H32N2O2. The predicted molar refractivity (Wildman–Crippen MR) is 82.9 cm³/mol. The molecule has 20 heavy (non-hydrogen) atoms. The average molecular weight is 284 g/mol. The van der Waals surface area contributed by atoms with Gasteiger partial charge in [0.1, 0.15) is 5.54 Å². The van der Waals surface area contributed by atoms with Crippen LogP contribution in [0.25, 0.3) is 0 Å². The summed E-state index contributed by atoms with van der Waals surface area (Å²) < 4.78 is 0. The van der Waals surface area contributed by atoms with E-state index in [1.807, 2.05) is 7.05 Å². The van der Waals surface area contributed by atoms with Crippen LogP contribution >= 0.6 is 0 Å². The van der Waals surface area contributed by atoms with Gasteiger partial charge < -0.3 is 15.3 Å². The molecule has 0 aliphatic heterocycles. The van der Waals surface area contributed by atoms with E-state index in [0.717, 1.165) is 25.8 Å². The molecule has 118 valence electrons. The summed E-state index contributed by atoms with van der Waals surface area (Å²) in [4.78, 5) is 14.1. The molecule has 1 aliphatic rings. The molecule has 4 nitrogen and oxygen atoms in total. The van der Waals surface area contributed by atoms with Crippen LogP contribution < -0.4 is 5.32 Å². The minimum atomic E-state index is -0.774. The van der Waals surface area contributed by atoms with Crippen LogP contribution in [-0.2, 0) is 4.79 Å². The molecule has 1 aliphatic carbocycles. The highest BCUT2D eigenvalue weighted by Gasteiger charge is 2.52. The zero-order valence-electron chi connectivity index (χ0n) is 14.0. The Morgan fingerprint density at radius 3 is 2.30 bits per heavy atom. The first-order chi connectivity index (χ1) is 9.15. The molecule has 0 bridgehead atoms. The maximum atomic E-state index is 11.9. The van der Waals surface area contributed by atoms with Gasteiger partial charge in [0.2, 0.25) is 0 Å². The van der Waals surface area contributed by atoms with Crippen LogP contribution in [-0.4, -0.2) is 47.7 Å². The van der Waals surface area contributed by atoms with Gasteiger partial charge in [-0.05, 0) is 51.1 Å². The summed E-state index contributed by atoms with van der Waals surface area (Å²) >= 11 is 0. The standard InChI is InChI=1S/C16H32N2O2/c1-7-10-17-16(14(19)20,13-8-9-13)11-18(6)12(2)15(3,4)5/h12-13,17H,7-11H2,1-6H3,(H,19,20). The number of hydrogen-bond acceptors (Lipinski definition) is 3. The van der Waals surface area contributed by atoms with E-state index in [4.69, 9.17) is 0 Å². The molecule has 0 aromatic heterocycles. The van der Waals surface area contributed by atoms with Gasteiger partial charge in [-0.2, -0.15) is 0 Å². The van der Waals surface area contributed by atoms with Crippen LogP contribution in [0.4, 0.5) is 0 Å². The summed E-state index contributed by atoms with van der Waals surface area (Å²) in [7, 11) is 2.05. The van der Waals surface area contributed by atoms with Crippen LogP contribution in [0.2, 0.25) is 0 Å². The topological polar surface area (TPSA) is 52.6 Å². The van der Waals surface area contributed by atoms with E-state index in [1.165, 1.54) is 0 Å². The zero-order valence-corrected chi connectivity index (χ0v) is 14.0. The fourth-order valence-corrected chi connectivity index (χ4v) is 2.76. The van der Waals surface area contributed by atoms with Crippen molar-refractivity contribution >= 4 is 5.97 Å². The second-order valence-corrected chi connectivity index (χ2v) is 7.43. The van der Waals surface area contributed by atoms with Crippen molar-refractivity contribution in [3.05, 3.63) is 0 Å². The van der Waals surface area contributed by atoms with Gasteiger partial charge in [0, 0.05) is 12.6 Å². The minimum absolute atomic E-state index is 0.146. The molecule has 0 aromatic rings. The number of aliphatic carboxylic acids is 1. The number of carbonyl (C=O) groups is 1. The van der Waals surface area contributed by atoms with Gasteiger partial charge in [0.25, 0.3) is 0 Å². The Morgan fingerprint density at radius 1 is 1.40 bits per heavy atom. The molecule has 0 heterocycles. The van der Waals surface area contributed by atoms with Gasteiger partial charge >= 0.3 is 5.97 Å². The summed E-state index contributed by atoms with van der Waals surface area (Å²) in [5.74, 6) is -0.414. The number of nitrogens with zero attached hydrogens (tertiary/aromatic N) is 1. The number of carboxylic acids is 1. The molecule has 0 radical (unpaired) electrons. The van der Waals surface area contributed by atoms with Gasteiger partial charge in [0.15, 0.2) is 0 Å². The van der Waals surface area contributed by atoms with Gasteiger partial charge in [0.05, 0.1) is 0 Å². The fourth-order valence-electron chi connectivity index (χ4n) is 2.76. The highest BCUT2D eigenvalue weighted by atomic mass is 16.4. The lowest BCUT2D eigenvalue weighted by atomic mass is 9.85. The Labute approximate surface area is 123 Å². The van der Waals surface area contributed by atoms with Crippen LogP contribution in [0.3, 0.4) is 0 Å². The van der Waals surface area contributed by atoms with E-state index in [9.17, 15) is 9.90 Å². The lowest BCUT2D eigenvalue weighted by Crippen LogP contribution is -2.62. The Morgan fingerprint density at radius 2 is 1.95 bits per heavy atom. The maximum absolute atomic E-state index is 11.9. The largest absolute Gasteiger partial charge is 0.480 e. The van der Waals surface area contributed by atoms with Gasteiger partial charge in [-0.15, -0.1) is 0 Å². The molecule has 0 aromatic carbocycles. The second kappa shape index (κ2) is 6.44. The van der Waals surface area contributed by atoms with Crippen molar-refractivity contribution in [2.75, 3.05) is 20.1 Å². The molecule has 1 saturated carbocycles. The van der Waals surface area contributed by atoms with Gasteiger partial charge in [-0.3, -0.25) is 4.79 Å². The quantitative estimate of drug-likeness (QED) is 0.719. The molecule has 0 saturated heterocycles. The van der Waals surface area contributed by atoms with Gasteiger partial charge in [-0.25, -0.2) is 0 Å². The van der Waals surface area contributed by atoms with Crippen LogP contribution in [0.1, 0.15) is 53.9 Å². The molecule has 0 amide bonds. The average Bonchev–Trinajstić information content (AvgIpc) is 3.16. The van der Waals surface area contributed by atoms with Crippen molar-refractivity contribution in [3.8, 4) is 0 Å². The Balaban J connectivity index is 2.86. The SMILES string of the molecule is CCCNC(CN(C)C(C)C(C)(C)C)(C(=O)O)C1CC1. The van der Waals surface area contributed by atoms with E-state index < -0.39 is 11.5 Å². The third-order valence-electron chi connectivity index (χ3n) is 4.76. The summed E-state index contributed by atoms with van der Waals surface area (Å²) in [5, 5.41) is 13.1. The number of rotatable bonds is 8. The van der Waals surface area contributed by atoms with Crippen LogP contribution in [0, 0.1) is 11.3 Å². The predicted octanol–water partition coefficient (Wildman–Crippen LogP) is 2.59. The highest BCUT2D eigenvalue weighted by molar-refractivity contribution is 5.80. The Kier molecular flexibility index (Phi) is 5.61. The van der Waals surface area contributed by atoms with Crippen molar-refractivity contribution in [1.82, 2.24) is 10.2 Å². The Hall–Kier alpha value is -0.610. The third-order valence-corrected chi connectivity index (χ3v) is 4.76. The lowest BCUT2D eigenvalue weighted by Gasteiger charge is -2.41. The molecular weight excluding hydrogens is 252 g/mol. The van der Waals surface area contributed by atoms with Crippen molar-refractivity contribution in [2.45, 2.75) is 65.5 Å². The summed E-state index contributed by atoms with van der Waals surface area (Å²) in [6, 6.07) is 0.336. The normalized spacial score (nSPS) is 20.8. The Bertz CT molecular complexity index is 334. The molecule has 2 atom stereocenters. The summed E-state index contributed by atoms with van der Waals surface area (Å²) in [5.41, 5.74) is -0.627. The molecule has 1 fully saturated rings. The summed E-state index contributed by atoms with van der Waals surface area (Å²) in [6.07, 6.45) is 3.02. The second-order valence-electron chi connectivity index (χ2n) is 7.43. The zero-order chi connectivity index (χ0) is 15.6. The number of nitrogens with one attached hydrogen (secondary N) is 1. The monoisotopic (exact) mass is 284 g/mol. The van der Waals surface area contributed by atoms with Crippen molar-refractivity contribution in [3.63, 3.8) is 0 Å². The maximum Gasteiger partial charge on any atom is 0.325 e. The van der Waals surface area contributed by atoms with Crippen LogP contribution in [0.5, 0.6) is 0 Å². The van der Waals surface area contributed by atoms with Gasteiger partial charge in [-0.1, -0.05) is 27.7 Å². The smallest absolute Gasteiger partial charge is 0.325 e. The first-order valence-corrected chi connectivity index (χ1v) is 7.83.